The van der Waals surface area contributed by atoms with E-state index in [0.29, 0.717) is 12.3 Å². The maximum Gasteiger partial charge on any atom is 0.326 e. The summed E-state index contributed by atoms with van der Waals surface area (Å²) in [4.78, 5) is 10.9. The first-order valence-electron chi connectivity index (χ1n) is 6.17. The highest BCUT2D eigenvalue weighted by molar-refractivity contribution is 5.77. The van der Waals surface area contributed by atoms with Gasteiger partial charge < -0.3 is 10.4 Å². The molecule has 0 aliphatic heterocycles. The van der Waals surface area contributed by atoms with E-state index in [1.165, 1.54) is 5.56 Å². The van der Waals surface area contributed by atoms with Crippen molar-refractivity contribution in [3.8, 4) is 0 Å². The van der Waals surface area contributed by atoms with Gasteiger partial charge in [-0.3, -0.25) is 0 Å². The van der Waals surface area contributed by atoms with Crippen molar-refractivity contribution in [1.29, 1.82) is 0 Å². The Balaban J connectivity index is 2.71. The second-order valence-corrected chi connectivity index (χ2v) is 4.37. The molecule has 0 aliphatic carbocycles. The molecule has 0 amide bonds. The average Bonchev–Trinajstić information content (AvgIpc) is 2.35. The summed E-state index contributed by atoms with van der Waals surface area (Å²) in [6.45, 7) is 6.21. The summed E-state index contributed by atoms with van der Waals surface area (Å²) < 4.78 is 0. The van der Waals surface area contributed by atoms with Gasteiger partial charge in [-0.15, -0.1) is 0 Å². The highest BCUT2D eigenvalue weighted by Crippen LogP contribution is 2.20. The van der Waals surface area contributed by atoms with E-state index in [0.717, 1.165) is 12.1 Å². The quantitative estimate of drug-likeness (QED) is 0.793. The molecule has 3 heteroatoms. The van der Waals surface area contributed by atoms with E-state index in [2.05, 4.69) is 31.3 Å². The summed E-state index contributed by atoms with van der Waals surface area (Å²) in [5.74, 6) is -0.260. The number of rotatable bonds is 6. The van der Waals surface area contributed by atoms with Gasteiger partial charge >= 0.3 is 5.97 Å². The lowest BCUT2D eigenvalue weighted by Gasteiger charge is -2.15. The monoisotopic (exact) mass is 235 g/mol. The Hall–Kier alpha value is -1.51. The van der Waals surface area contributed by atoms with Crippen LogP contribution in [0.4, 0.5) is 5.69 Å². The van der Waals surface area contributed by atoms with Crippen molar-refractivity contribution in [1.82, 2.24) is 0 Å². The van der Waals surface area contributed by atoms with Gasteiger partial charge in [0.1, 0.15) is 6.04 Å². The molecule has 2 N–H and O–H groups in total. The third-order valence-corrected chi connectivity index (χ3v) is 3.14. The second kappa shape index (κ2) is 6.28. The van der Waals surface area contributed by atoms with Crippen LogP contribution in [0.15, 0.2) is 24.3 Å². The zero-order valence-electron chi connectivity index (χ0n) is 10.7. The molecular formula is C14H21NO2. The number of hydrogen-bond acceptors (Lipinski definition) is 2. The highest BCUT2D eigenvalue weighted by atomic mass is 16.4. The third kappa shape index (κ3) is 3.77. The first kappa shape index (κ1) is 13.6. The Morgan fingerprint density at radius 3 is 2.24 bits per heavy atom. The number of nitrogens with one attached hydrogen (secondary N) is 1. The van der Waals surface area contributed by atoms with Gasteiger partial charge in [0.2, 0.25) is 0 Å². The highest BCUT2D eigenvalue weighted by Gasteiger charge is 2.14. The zero-order valence-corrected chi connectivity index (χ0v) is 10.7. The molecule has 0 aliphatic rings. The molecule has 0 spiro atoms. The Bertz CT molecular complexity index is 359. The van der Waals surface area contributed by atoms with Crippen molar-refractivity contribution >= 4 is 11.7 Å². The lowest BCUT2D eigenvalue weighted by atomic mass is 9.98. The molecule has 17 heavy (non-hydrogen) atoms. The third-order valence-electron chi connectivity index (χ3n) is 3.14. The topological polar surface area (TPSA) is 49.3 Å². The summed E-state index contributed by atoms with van der Waals surface area (Å²) in [6, 6.07) is 7.51. The van der Waals surface area contributed by atoms with Crippen LogP contribution in [0.25, 0.3) is 0 Å². The molecule has 0 heterocycles. The molecule has 0 fully saturated rings. The van der Waals surface area contributed by atoms with Crippen LogP contribution in [0.3, 0.4) is 0 Å². The van der Waals surface area contributed by atoms with E-state index < -0.39 is 12.0 Å². The second-order valence-electron chi connectivity index (χ2n) is 4.37. The number of anilines is 1. The zero-order chi connectivity index (χ0) is 12.8. The number of benzene rings is 1. The van der Waals surface area contributed by atoms with E-state index in [1.54, 1.807) is 0 Å². The van der Waals surface area contributed by atoms with Crippen molar-refractivity contribution in [2.75, 3.05) is 5.32 Å². The fraction of sp³-hybridized carbons (Fsp3) is 0.500. The lowest BCUT2D eigenvalue weighted by molar-refractivity contribution is -0.137. The molecule has 3 nitrogen and oxygen atoms in total. The van der Waals surface area contributed by atoms with Crippen molar-refractivity contribution in [3.63, 3.8) is 0 Å². The number of hydrogen-bond donors (Lipinski definition) is 2. The van der Waals surface area contributed by atoms with Gasteiger partial charge in [0.05, 0.1) is 0 Å². The molecule has 1 aromatic carbocycles. The molecule has 2 unspecified atom stereocenters. The maximum absolute atomic E-state index is 10.9. The Labute approximate surface area is 103 Å². The minimum Gasteiger partial charge on any atom is -0.480 e. The van der Waals surface area contributed by atoms with Crippen LogP contribution in [-0.2, 0) is 4.79 Å². The molecule has 1 aromatic rings. The molecule has 0 saturated carbocycles. The van der Waals surface area contributed by atoms with Crippen LogP contribution in [0, 0.1) is 0 Å². The first-order chi connectivity index (χ1) is 8.08. The minimum absolute atomic E-state index is 0.510. The van der Waals surface area contributed by atoms with E-state index in [4.69, 9.17) is 5.11 Å². The number of carboxylic acid groups (broad SMARTS) is 1. The normalized spacial score (nSPS) is 14.1. The fourth-order valence-corrected chi connectivity index (χ4v) is 1.68. The van der Waals surface area contributed by atoms with E-state index >= 15 is 0 Å². The molecule has 0 aromatic heterocycles. The van der Waals surface area contributed by atoms with E-state index in [1.807, 2.05) is 19.1 Å². The van der Waals surface area contributed by atoms with Crippen molar-refractivity contribution in [2.45, 2.75) is 45.6 Å². The molecular weight excluding hydrogens is 214 g/mol. The van der Waals surface area contributed by atoms with Gasteiger partial charge in [-0.05, 0) is 36.5 Å². The van der Waals surface area contributed by atoms with Gasteiger partial charge in [0.15, 0.2) is 0 Å². The predicted molar refractivity (Wildman–Crippen MR) is 70.5 cm³/mol. The molecule has 0 saturated heterocycles. The fourth-order valence-electron chi connectivity index (χ4n) is 1.68. The van der Waals surface area contributed by atoms with Gasteiger partial charge in [-0.25, -0.2) is 4.79 Å². The maximum atomic E-state index is 10.9. The SMILES string of the molecule is CCC(Nc1ccc(C(C)CC)cc1)C(=O)O. The minimum atomic E-state index is -0.807. The van der Waals surface area contributed by atoms with Gasteiger partial charge in [0, 0.05) is 5.69 Å². The van der Waals surface area contributed by atoms with Gasteiger partial charge in [-0.2, -0.15) is 0 Å². The van der Waals surface area contributed by atoms with Gasteiger partial charge in [0.25, 0.3) is 0 Å². The summed E-state index contributed by atoms with van der Waals surface area (Å²) in [6.07, 6.45) is 1.68. The predicted octanol–water partition coefficient (Wildman–Crippen LogP) is 3.48. The molecule has 1 rings (SSSR count). The Morgan fingerprint density at radius 2 is 1.82 bits per heavy atom. The smallest absolute Gasteiger partial charge is 0.326 e. The molecule has 0 bridgehead atoms. The number of aliphatic carboxylic acids is 1. The van der Waals surface area contributed by atoms with Crippen LogP contribution in [-0.4, -0.2) is 17.1 Å². The van der Waals surface area contributed by atoms with E-state index in [-0.39, 0.29) is 0 Å². The Morgan fingerprint density at radius 1 is 1.24 bits per heavy atom. The van der Waals surface area contributed by atoms with Gasteiger partial charge in [-0.1, -0.05) is 32.9 Å². The number of carboxylic acids is 1. The van der Waals surface area contributed by atoms with Crippen molar-refractivity contribution < 1.29 is 9.90 Å². The van der Waals surface area contributed by atoms with E-state index in [9.17, 15) is 4.79 Å². The lowest BCUT2D eigenvalue weighted by Crippen LogP contribution is -2.28. The van der Waals surface area contributed by atoms with Crippen LogP contribution in [0.1, 0.15) is 45.1 Å². The summed E-state index contributed by atoms with van der Waals surface area (Å²) >= 11 is 0. The van der Waals surface area contributed by atoms with Crippen LogP contribution >= 0.6 is 0 Å². The summed E-state index contributed by atoms with van der Waals surface area (Å²) in [5, 5.41) is 12.0. The van der Waals surface area contributed by atoms with Crippen LogP contribution in [0.2, 0.25) is 0 Å². The first-order valence-corrected chi connectivity index (χ1v) is 6.17. The molecule has 2 atom stereocenters. The van der Waals surface area contributed by atoms with Crippen LogP contribution < -0.4 is 5.32 Å². The largest absolute Gasteiger partial charge is 0.480 e. The van der Waals surface area contributed by atoms with Crippen molar-refractivity contribution in [2.24, 2.45) is 0 Å². The number of carbonyl (C=O) groups is 1. The summed E-state index contributed by atoms with van der Waals surface area (Å²) in [7, 11) is 0. The van der Waals surface area contributed by atoms with Crippen molar-refractivity contribution in [3.05, 3.63) is 29.8 Å². The molecule has 94 valence electrons. The molecule has 0 radical (unpaired) electrons. The summed E-state index contributed by atoms with van der Waals surface area (Å²) in [5.41, 5.74) is 2.16. The Kier molecular flexibility index (Phi) is 5.01. The average molecular weight is 235 g/mol. The van der Waals surface area contributed by atoms with Crippen LogP contribution in [0.5, 0.6) is 0 Å². The standard InChI is InChI=1S/C14H21NO2/c1-4-10(3)11-6-8-12(9-7-11)15-13(5-2)14(16)17/h6-10,13,15H,4-5H2,1-3H3,(H,16,17).